The van der Waals surface area contributed by atoms with Gasteiger partial charge >= 0.3 is 0 Å². The molecule has 1 N–H and O–H groups in total. The first-order chi connectivity index (χ1) is 12.2. The lowest BCUT2D eigenvalue weighted by Crippen LogP contribution is -2.45. The van der Waals surface area contributed by atoms with Gasteiger partial charge in [0.1, 0.15) is 0 Å². The molecule has 0 aromatic heterocycles. The average molecular weight is 364 g/mol. The SMILES string of the molecule is CC(C)(C)N1C[C@H](C(=O)N2CCC(CCC(=O)NC3CC3)CC2)CC1=O. The second-order valence-electron chi connectivity index (χ2n) is 9.23. The summed E-state index contributed by atoms with van der Waals surface area (Å²) in [5.41, 5.74) is -0.222. The van der Waals surface area contributed by atoms with E-state index in [0.29, 0.717) is 31.3 Å². The number of nitrogens with zero attached hydrogens (tertiary/aromatic N) is 2. The summed E-state index contributed by atoms with van der Waals surface area (Å²) in [6.45, 7) is 8.11. The Morgan fingerprint density at radius 1 is 1.12 bits per heavy atom. The highest BCUT2D eigenvalue weighted by molar-refractivity contribution is 5.89. The molecule has 3 aliphatic rings. The topological polar surface area (TPSA) is 69.7 Å². The molecule has 0 aromatic carbocycles. The number of hydrogen-bond donors (Lipinski definition) is 1. The summed E-state index contributed by atoms with van der Waals surface area (Å²) in [7, 11) is 0. The van der Waals surface area contributed by atoms with Crippen molar-refractivity contribution in [2.24, 2.45) is 11.8 Å². The van der Waals surface area contributed by atoms with Crippen molar-refractivity contribution in [3.8, 4) is 0 Å². The molecular weight excluding hydrogens is 330 g/mol. The molecule has 2 saturated heterocycles. The summed E-state index contributed by atoms with van der Waals surface area (Å²) in [6, 6.07) is 0.434. The molecule has 146 valence electrons. The second-order valence-corrected chi connectivity index (χ2v) is 9.23. The van der Waals surface area contributed by atoms with Crippen LogP contribution >= 0.6 is 0 Å². The predicted molar refractivity (Wildman–Crippen MR) is 99.3 cm³/mol. The zero-order valence-electron chi connectivity index (χ0n) is 16.4. The summed E-state index contributed by atoms with van der Waals surface area (Å²) < 4.78 is 0. The lowest BCUT2D eigenvalue weighted by atomic mass is 9.91. The Labute approximate surface area is 156 Å². The van der Waals surface area contributed by atoms with Crippen molar-refractivity contribution in [1.29, 1.82) is 0 Å². The maximum absolute atomic E-state index is 12.8. The van der Waals surface area contributed by atoms with Gasteiger partial charge in [0, 0.05) is 44.1 Å². The second kappa shape index (κ2) is 7.57. The van der Waals surface area contributed by atoms with E-state index in [1.165, 1.54) is 0 Å². The van der Waals surface area contributed by atoms with E-state index in [0.717, 1.165) is 45.2 Å². The normalized spacial score (nSPS) is 24.9. The van der Waals surface area contributed by atoms with Crippen molar-refractivity contribution >= 4 is 17.7 Å². The minimum atomic E-state index is -0.222. The smallest absolute Gasteiger partial charge is 0.227 e. The number of carbonyl (C=O) groups excluding carboxylic acids is 3. The number of rotatable bonds is 5. The zero-order valence-corrected chi connectivity index (χ0v) is 16.4. The summed E-state index contributed by atoms with van der Waals surface area (Å²) in [5.74, 6) is 0.739. The van der Waals surface area contributed by atoms with E-state index >= 15 is 0 Å². The first-order valence-electron chi connectivity index (χ1n) is 10.1. The van der Waals surface area contributed by atoms with Crippen LogP contribution in [0.3, 0.4) is 0 Å². The van der Waals surface area contributed by atoms with Gasteiger partial charge in [-0.1, -0.05) is 0 Å². The van der Waals surface area contributed by atoms with Crippen LogP contribution in [0.15, 0.2) is 0 Å². The molecule has 1 aliphatic carbocycles. The summed E-state index contributed by atoms with van der Waals surface area (Å²) in [6.07, 6.45) is 6.05. The number of piperidine rings is 1. The Bertz CT molecular complexity index is 557. The molecule has 3 fully saturated rings. The van der Waals surface area contributed by atoms with Crippen LogP contribution in [0.2, 0.25) is 0 Å². The van der Waals surface area contributed by atoms with E-state index in [-0.39, 0.29) is 29.2 Å². The Morgan fingerprint density at radius 3 is 2.31 bits per heavy atom. The van der Waals surface area contributed by atoms with Gasteiger partial charge in [-0.2, -0.15) is 0 Å². The van der Waals surface area contributed by atoms with Crippen molar-refractivity contribution < 1.29 is 14.4 Å². The van der Waals surface area contributed by atoms with E-state index in [9.17, 15) is 14.4 Å². The Kier molecular flexibility index (Phi) is 5.58. The minimum absolute atomic E-state index is 0.0902. The van der Waals surface area contributed by atoms with Crippen LogP contribution in [0.25, 0.3) is 0 Å². The van der Waals surface area contributed by atoms with Crippen LogP contribution in [-0.4, -0.2) is 58.7 Å². The third-order valence-corrected chi connectivity index (χ3v) is 5.93. The highest BCUT2D eigenvalue weighted by Gasteiger charge is 2.41. The third-order valence-electron chi connectivity index (χ3n) is 5.93. The number of likely N-dealkylation sites (tertiary alicyclic amines) is 2. The Morgan fingerprint density at radius 2 is 1.77 bits per heavy atom. The number of amides is 3. The van der Waals surface area contributed by atoms with Gasteiger partial charge in [0.15, 0.2) is 0 Å². The van der Waals surface area contributed by atoms with Crippen LogP contribution < -0.4 is 5.32 Å². The van der Waals surface area contributed by atoms with E-state index in [1.807, 2.05) is 30.6 Å². The average Bonchev–Trinajstić information content (AvgIpc) is 3.30. The molecule has 26 heavy (non-hydrogen) atoms. The molecule has 0 unspecified atom stereocenters. The molecule has 0 radical (unpaired) electrons. The van der Waals surface area contributed by atoms with Crippen LogP contribution in [-0.2, 0) is 14.4 Å². The van der Waals surface area contributed by atoms with Gasteiger partial charge in [-0.05, 0) is 58.8 Å². The van der Waals surface area contributed by atoms with Gasteiger partial charge in [0.2, 0.25) is 17.7 Å². The van der Waals surface area contributed by atoms with Gasteiger partial charge in [-0.15, -0.1) is 0 Å². The fourth-order valence-electron chi connectivity index (χ4n) is 4.08. The lowest BCUT2D eigenvalue weighted by Gasteiger charge is -2.34. The first-order valence-corrected chi connectivity index (χ1v) is 10.1. The van der Waals surface area contributed by atoms with E-state index in [2.05, 4.69) is 5.32 Å². The maximum Gasteiger partial charge on any atom is 0.227 e. The number of carbonyl (C=O) groups is 3. The molecule has 1 atom stereocenters. The standard InChI is InChI=1S/C20H33N3O3/c1-20(2,3)23-13-15(12-18(23)25)19(26)22-10-8-14(9-11-22)4-7-17(24)21-16-5-6-16/h14-16H,4-13H2,1-3H3,(H,21,24)/t15-/m1/s1. The van der Waals surface area contributed by atoms with E-state index in [4.69, 9.17) is 0 Å². The molecule has 6 heteroatoms. The van der Waals surface area contributed by atoms with Crippen molar-refractivity contribution in [3.05, 3.63) is 0 Å². The zero-order chi connectivity index (χ0) is 18.9. The summed E-state index contributed by atoms with van der Waals surface area (Å²) in [4.78, 5) is 40.6. The number of nitrogens with one attached hydrogen (secondary N) is 1. The molecule has 0 aromatic rings. The summed E-state index contributed by atoms with van der Waals surface area (Å²) in [5, 5.41) is 3.04. The molecule has 2 aliphatic heterocycles. The van der Waals surface area contributed by atoms with Crippen LogP contribution in [0.5, 0.6) is 0 Å². The quantitative estimate of drug-likeness (QED) is 0.811. The molecule has 2 heterocycles. The molecule has 1 saturated carbocycles. The van der Waals surface area contributed by atoms with Crippen molar-refractivity contribution in [2.45, 2.75) is 77.3 Å². The highest BCUT2D eigenvalue weighted by Crippen LogP contribution is 2.29. The highest BCUT2D eigenvalue weighted by atomic mass is 16.2. The Balaban J connectivity index is 1.41. The van der Waals surface area contributed by atoms with Crippen LogP contribution in [0.4, 0.5) is 0 Å². The fourth-order valence-corrected chi connectivity index (χ4v) is 4.08. The van der Waals surface area contributed by atoms with Gasteiger partial charge < -0.3 is 15.1 Å². The van der Waals surface area contributed by atoms with Crippen molar-refractivity contribution in [2.75, 3.05) is 19.6 Å². The van der Waals surface area contributed by atoms with Gasteiger partial charge in [0.25, 0.3) is 0 Å². The third kappa shape index (κ3) is 4.77. The van der Waals surface area contributed by atoms with Crippen LogP contribution in [0.1, 0.15) is 65.7 Å². The maximum atomic E-state index is 12.8. The molecule has 3 rings (SSSR count). The minimum Gasteiger partial charge on any atom is -0.353 e. The molecule has 6 nitrogen and oxygen atoms in total. The first kappa shape index (κ1) is 19.2. The molecule has 0 spiro atoms. The molecule has 3 amide bonds. The largest absolute Gasteiger partial charge is 0.353 e. The van der Waals surface area contributed by atoms with Gasteiger partial charge in [-0.3, -0.25) is 14.4 Å². The van der Waals surface area contributed by atoms with Gasteiger partial charge in [-0.25, -0.2) is 0 Å². The molecule has 0 bridgehead atoms. The Hall–Kier alpha value is -1.59. The van der Waals surface area contributed by atoms with Gasteiger partial charge in [0.05, 0.1) is 5.92 Å². The van der Waals surface area contributed by atoms with E-state index < -0.39 is 0 Å². The van der Waals surface area contributed by atoms with E-state index in [1.54, 1.807) is 0 Å². The predicted octanol–water partition coefficient (Wildman–Crippen LogP) is 1.93. The van der Waals surface area contributed by atoms with Crippen molar-refractivity contribution in [3.63, 3.8) is 0 Å². The molecular formula is C20H33N3O3. The lowest BCUT2D eigenvalue weighted by molar-refractivity contribution is -0.137. The summed E-state index contributed by atoms with van der Waals surface area (Å²) >= 11 is 0. The number of hydrogen-bond acceptors (Lipinski definition) is 3. The van der Waals surface area contributed by atoms with Crippen LogP contribution in [0, 0.1) is 11.8 Å². The monoisotopic (exact) mass is 363 g/mol. The fraction of sp³-hybridized carbons (Fsp3) is 0.850. The van der Waals surface area contributed by atoms with Crippen molar-refractivity contribution in [1.82, 2.24) is 15.1 Å².